The van der Waals surface area contributed by atoms with Crippen molar-refractivity contribution in [1.82, 2.24) is 0 Å². The highest BCUT2D eigenvalue weighted by Crippen LogP contribution is 2.33. The fourth-order valence-corrected chi connectivity index (χ4v) is 4.10. The predicted molar refractivity (Wildman–Crippen MR) is 86.1 cm³/mol. The van der Waals surface area contributed by atoms with Crippen molar-refractivity contribution in [1.29, 1.82) is 0 Å². The topological polar surface area (TPSA) is 63.6 Å². The summed E-state index contributed by atoms with van der Waals surface area (Å²) in [6, 6.07) is 3.42. The first-order valence-electron chi connectivity index (χ1n) is 7.12. The molecule has 1 aromatic rings. The van der Waals surface area contributed by atoms with E-state index in [0.717, 1.165) is 24.8 Å². The minimum Gasteiger partial charge on any atom is -0.267 e. The average Bonchev–Trinajstić information content (AvgIpc) is 2.42. The quantitative estimate of drug-likeness (QED) is 0.755. The van der Waals surface area contributed by atoms with Gasteiger partial charge >= 0.3 is 0 Å². The van der Waals surface area contributed by atoms with Crippen molar-refractivity contribution in [3.63, 3.8) is 0 Å². The second-order valence-corrected chi connectivity index (χ2v) is 7.24. The van der Waals surface area contributed by atoms with Gasteiger partial charge in [0.05, 0.1) is 4.90 Å². The third kappa shape index (κ3) is 3.79. The van der Waals surface area contributed by atoms with Crippen molar-refractivity contribution < 1.29 is 13.2 Å². The molecule has 1 amide bonds. The number of carbonyl (C=O) groups is 1. The van der Waals surface area contributed by atoms with Crippen LogP contribution in [0.5, 0.6) is 0 Å². The summed E-state index contributed by atoms with van der Waals surface area (Å²) in [4.78, 5) is 15.4. The molecule has 21 heavy (non-hydrogen) atoms. The fourth-order valence-electron chi connectivity index (χ4n) is 2.77. The summed E-state index contributed by atoms with van der Waals surface area (Å²) in [5.74, 6) is -0.313. The Morgan fingerprint density at radius 2 is 1.95 bits per heavy atom. The largest absolute Gasteiger partial charge is 0.276 e. The van der Waals surface area contributed by atoms with E-state index < -0.39 is 15.7 Å². The Labute approximate surface area is 127 Å². The number of rotatable bonds is 6. The number of benzene rings is 1. The van der Waals surface area contributed by atoms with Gasteiger partial charge in [0.1, 0.15) is 0 Å². The van der Waals surface area contributed by atoms with Gasteiger partial charge in [0.15, 0.2) is 9.84 Å². The maximum absolute atomic E-state index is 12.2. The second kappa shape index (κ2) is 6.98. The number of amides is 1. The zero-order valence-corrected chi connectivity index (χ0v) is 14.0. The number of hydrogen-bond acceptors (Lipinski definition) is 3. The molecule has 0 aliphatic heterocycles. The summed E-state index contributed by atoms with van der Waals surface area (Å²) in [5.41, 5.74) is 1.59. The van der Waals surface area contributed by atoms with Crippen LogP contribution in [0.4, 0.5) is 0 Å². The minimum absolute atomic E-state index is 0.180. The zero-order valence-electron chi connectivity index (χ0n) is 13.1. The highest BCUT2D eigenvalue weighted by atomic mass is 32.2. The Morgan fingerprint density at radius 3 is 2.38 bits per heavy atom. The van der Waals surface area contributed by atoms with E-state index in [1.807, 2.05) is 6.92 Å². The molecular formula is C16H23NO3S. The molecule has 0 aliphatic carbocycles. The zero-order chi connectivity index (χ0) is 16.2. The molecule has 0 spiro atoms. The number of sulfone groups is 1. The lowest BCUT2D eigenvalue weighted by Crippen LogP contribution is -2.12. The van der Waals surface area contributed by atoms with E-state index in [1.54, 1.807) is 19.1 Å². The van der Waals surface area contributed by atoms with Gasteiger partial charge in [-0.05, 0) is 49.6 Å². The monoisotopic (exact) mass is 309 g/mol. The Kier molecular flexibility index (Phi) is 5.84. The number of hydrogen-bond donors (Lipinski definition) is 0. The highest BCUT2D eigenvalue weighted by Gasteiger charge is 2.24. The highest BCUT2D eigenvalue weighted by molar-refractivity contribution is 7.90. The molecular weight excluding hydrogens is 286 g/mol. The molecule has 5 heteroatoms. The number of aliphatic imine (C=N–C) groups is 1. The van der Waals surface area contributed by atoms with Crippen molar-refractivity contribution in [3.8, 4) is 0 Å². The van der Waals surface area contributed by atoms with Gasteiger partial charge in [0.2, 0.25) is 0 Å². The van der Waals surface area contributed by atoms with Gasteiger partial charge in [-0.25, -0.2) is 13.4 Å². The molecule has 0 saturated heterocycles. The number of nitrogens with zero attached hydrogens (tertiary/aromatic N) is 1. The maximum atomic E-state index is 12.2. The lowest BCUT2D eigenvalue weighted by atomic mass is 9.89. The van der Waals surface area contributed by atoms with Gasteiger partial charge in [0.25, 0.3) is 5.91 Å². The fraction of sp³-hybridized carbons (Fsp3) is 0.500. The van der Waals surface area contributed by atoms with E-state index in [2.05, 4.69) is 18.6 Å². The Hall–Kier alpha value is -1.49. The summed E-state index contributed by atoms with van der Waals surface area (Å²) >= 11 is 0. The molecule has 1 unspecified atom stereocenters. The van der Waals surface area contributed by atoms with Crippen LogP contribution in [0.15, 0.2) is 22.0 Å². The lowest BCUT2D eigenvalue weighted by Gasteiger charge is -2.20. The predicted octanol–water partition coefficient (Wildman–Crippen LogP) is 3.53. The molecule has 0 heterocycles. The molecule has 0 bridgehead atoms. The minimum atomic E-state index is -3.42. The summed E-state index contributed by atoms with van der Waals surface area (Å²) in [6.45, 7) is 9.01. The van der Waals surface area contributed by atoms with Crippen molar-refractivity contribution in [2.75, 3.05) is 6.26 Å². The van der Waals surface area contributed by atoms with Crippen molar-refractivity contribution >= 4 is 22.5 Å². The van der Waals surface area contributed by atoms with Crippen LogP contribution in [0, 0.1) is 6.92 Å². The Balaban J connectivity index is 3.64. The standard InChI is InChI=1S/C16H23NO3S/c1-6-8-12(7-2)14-10-9-13(16(18)17-4)11(3)15(14)21(5,19)20/h9-10,12H,4,6-8H2,1-3,5H3. The van der Waals surface area contributed by atoms with Crippen LogP contribution < -0.4 is 0 Å². The van der Waals surface area contributed by atoms with E-state index in [1.165, 1.54) is 6.26 Å². The lowest BCUT2D eigenvalue weighted by molar-refractivity contribution is 0.100. The molecule has 116 valence electrons. The molecule has 1 rings (SSSR count). The molecule has 0 radical (unpaired) electrons. The SMILES string of the molecule is C=NC(=O)c1ccc(C(CC)CCC)c(S(C)(=O)=O)c1C. The van der Waals surface area contributed by atoms with Gasteiger partial charge in [-0.2, -0.15) is 0 Å². The van der Waals surface area contributed by atoms with E-state index in [4.69, 9.17) is 0 Å². The Morgan fingerprint density at radius 1 is 1.33 bits per heavy atom. The van der Waals surface area contributed by atoms with Gasteiger partial charge in [-0.15, -0.1) is 0 Å². The van der Waals surface area contributed by atoms with E-state index in [-0.39, 0.29) is 10.8 Å². The molecule has 0 aromatic heterocycles. The summed E-state index contributed by atoms with van der Waals surface area (Å²) < 4.78 is 24.4. The molecule has 0 aliphatic rings. The Bertz CT molecular complexity index is 648. The summed E-state index contributed by atoms with van der Waals surface area (Å²) in [6.07, 6.45) is 3.96. The summed E-state index contributed by atoms with van der Waals surface area (Å²) in [7, 11) is -3.42. The van der Waals surface area contributed by atoms with E-state index in [9.17, 15) is 13.2 Å². The molecule has 1 aromatic carbocycles. The maximum Gasteiger partial charge on any atom is 0.276 e. The average molecular weight is 309 g/mol. The third-order valence-corrected chi connectivity index (χ3v) is 5.03. The van der Waals surface area contributed by atoms with Crippen molar-refractivity contribution in [3.05, 3.63) is 28.8 Å². The van der Waals surface area contributed by atoms with Crippen LogP contribution in [0.3, 0.4) is 0 Å². The van der Waals surface area contributed by atoms with Gasteiger partial charge in [-0.1, -0.05) is 26.3 Å². The van der Waals surface area contributed by atoms with Gasteiger partial charge < -0.3 is 0 Å². The molecule has 1 atom stereocenters. The first-order valence-corrected chi connectivity index (χ1v) is 9.01. The molecule has 0 N–H and O–H groups in total. The first kappa shape index (κ1) is 17.6. The molecule has 4 nitrogen and oxygen atoms in total. The third-order valence-electron chi connectivity index (χ3n) is 3.75. The molecule has 0 fully saturated rings. The van der Waals surface area contributed by atoms with Crippen molar-refractivity contribution in [2.45, 2.75) is 50.8 Å². The van der Waals surface area contributed by atoms with Crippen LogP contribution >= 0.6 is 0 Å². The van der Waals surface area contributed by atoms with Crippen LogP contribution in [-0.2, 0) is 9.84 Å². The van der Waals surface area contributed by atoms with Crippen LogP contribution in [-0.4, -0.2) is 27.3 Å². The second-order valence-electron chi connectivity index (χ2n) is 5.29. The number of carbonyl (C=O) groups excluding carboxylic acids is 1. The van der Waals surface area contributed by atoms with Crippen LogP contribution in [0.25, 0.3) is 0 Å². The van der Waals surface area contributed by atoms with E-state index >= 15 is 0 Å². The summed E-state index contributed by atoms with van der Waals surface area (Å²) in [5, 5.41) is 0. The molecule has 0 saturated carbocycles. The van der Waals surface area contributed by atoms with Crippen molar-refractivity contribution in [2.24, 2.45) is 4.99 Å². The first-order chi connectivity index (χ1) is 9.77. The van der Waals surface area contributed by atoms with Gasteiger partial charge in [0, 0.05) is 11.8 Å². The van der Waals surface area contributed by atoms with E-state index in [0.29, 0.717) is 11.1 Å². The van der Waals surface area contributed by atoms with Crippen LogP contribution in [0.2, 0.25) is 0 Å². The smallest absolute Gasteiger partial charge is 0.267 e. The van der Waals surface area contributed by atoms with Gasteiger partial charge in [-0.3, -0.25) is 4.79 Å². The van der Waals surface area contributed by atoms with Crippen LogP contribution in [0.1, 0.15) is 60.5 Å². The normalized spacial score (nSPS) is 13.0.